The summed E-state index contributed by atoms with van der Waals surface area (Å²) >= 11 is 6.14. The van der Waals surface area contributed by atoms with Gasteiger partial charge in [-0.05, 0) is 53.6 Å². The number of nitrogens with one attached hydrogen (secondary N) is 2. The van der Waals surface area contributed by atoms with E-state index >= 15 is 0 Å². The Morgan fingerprint density at radius 1 is 1.10 bits per heavy atom. The Morgan fingerprint density at radius 2 is 1.90 bits per heavy atom. The molecule has 208 valence electrons. The van der Waals surface area contributed by atoms with Crippen LogP contribution in [0.5, 0.6) is 17.2 Å². The van der Waals surface area contributed by atoms with E-state index in [9.17, 15) is 18.8 Å². The van der Waals surface area contributed by atoms with E-state index in [1.54, 1.807) is 29.2 Å². The molecule has 2 N–H and O–H groups in total. The number of amides is 3. The van der Waals surface area contributed by atoms with Gasteiger partial charge in [0, 0.05) is 23.7 Å². The molecule has 0 radical (unpaired) electrons. The van der Waals surface area contributed by atoms with Gasteiger partial charge in [-0.3, -0.25) is 14.4 Å². The molecule has 0 aromatic heterocycles. The molecule has 1 saturated heterocycles. The van der Waals surface area contributed by atoms with Crippen molar-refractivity contribution in [1.29, 1.82) is 0 Å². The van der Waals surface area contributed by atoms with Crippen LogP contribution in [0.2, 0.25) is 5.02 Å². The maximum atomic E-state index is 13.5. The largest absolute Gasteiger partial charge is 0.493 e. The topological polar surface area (TPSA) is 106 Å². The van der Waals surface area contributed by atoms with Crippen molar-refractivity contribution >= 4 is 29.3 Å². The molecule has 0 saturated carbocycles. The SMILES string of the molecule is COc1ccc2cc1OCC(=O)NCc1ccc(cc1)O[C@H]1CN(C(=O)Cc3ccc(F)cc3Cl)C[C@@H]1NC2=O. The van der Waals surface area contributed by atoms with Crippen LogP contribution in [0.3, 0.4) is 0 Å². The van der Waals surface area contributed by atoms with Crippen molar-refractivity contribution in [1.82, 2.24) is 15.5 Å². The zero-order valence-corrected chi connectivity index (χ0v) is 22.4. The Hall–Kier alpha value is -4.31. The van der Waals surface area contributed by atoms with E-state index in [-0.39, 0.29) is 54.3 Å². The van der Waals surface area contributed by atoms with Gasteiger partial charge >= 0.3 is 0 Å². The lowest BCUT2D eigenvalue weighted by atomic mass is 10.1. The highest BCUT2D eigenvalue weighted by atomic mass is 35.5. The summed E-state index contributed by atoms with van der Waals surface area (Å²) in [7, 11) is 1.46. The monoisotopic (exact) mass is 567 g/mol. The lowest BCUT2D eigenvalue weighted by molar-refractivity contribution is -0.129. The predicted octanol–water partition coefficient (Wildman–Crippen LogP) is 3.13. The average Bonchev–Trinajstić information content (AvgIpc) is 3.34. The molecular weight excluding hydrogens is 541 g/mol. The fourth-order valence-corrected chi connectivity index (χ4v) is 4.85. The molecule has 3 aliphatic heterocycles. The predicted molar refractivity (Wildman–Crippen MR) is 144 cm³/mol. The Labute approximate surface area is 235 Å². The van der Waals surface area contributed by atoms with Gasteiger partial charge in [0.25, 0.3) is 11.8 Å². The zero-order valence-electron chi connectivity index (χ0n) is 21.6. The number of likely N-dealkylation sites (tertiary alicyclic amines) is 1. The summed E-state index contributed by atoms with van der Waals surface area (Å²) in [5, 5.41) is 5.94. The molecule has 0 unspecified atom stereocenters. The van der Waals surface area contributed by atoms with Crippen LogP contribution in [0.4, 0.5) is 4.39 Å². The Morgan fingerprint density at radius 3 is 2.65 bits per heavy atom. The number of carbonyl (C=O) groups is 3. The normalized spacial score (nSPS) is 19.0. The third kappa shape index (κ3) is 6.28. The van der Waals surface area contributed by atoms with Gasteiger partial charge in [-0.15, -0.1) is 0 Å². The fourth-order valence-electron chi connectivity index (χ4n) is 4.61. The lowest BCUT2D eigenvalue weighted by Crippen LogP contribution is -2.45. The Bertz CT molecular complexity index is 1430. The number of hydrogen-bond acceptors (Lipinski definition) is 6. The van der Waals surface area contributed by atoms with Gasteiger partial charge in [-0.2, -0.15) is 0 Å². The number of benzene rings is 3. The summed E-state index contributed by atoms with van der Waals surface area (Å²) in [5.41, 5.74) is 1.65. The number of methoxy groups -OCH3 is 1. The van der Waals surface area contributed by atoms with Gasteiger partial charge in [0.15, 0.2) is 18.1 Å². The number of fused-ring (bicyclic) bond motifs is 7. The van der Waals surface area contributed by atoms with Gasteiger partial charge in [0.2, 0.25) is 5.91 Å². The molecule has 2 atom stereocenters. The first-order valence-corrected chi connectivity index (χ1v) is 13.0. The van der Waals surface area contributed by atoms with Crippen LogP contribution in [0.25, 0.3) is 0 Å². The van der Waals surface area contributed by atoms with E-state index in [1.807, 2.05) is 12.1 Å². The van der Waals surface area contributed by atoms with Crippen molar-refractivity contribution in [2.75, 3.05) is 26.8 Å². The van der Waals surface area contributed by atoms with Crippen LogP contribution in [0, 0.1) is 5.82 Å². The molecule has 0 aliphatic carbocycles. The maximum Gasteiger partial charge on any atom is 0.258 e. The first-order valence-electron chi connectivity index (χ1n) is 12.6. The summed E-state index contributed by atoms with van der Waals surface area (Å²) in [5.74, 6) is -0.289. The third-order valence-electron chi connectivity index (χ3n) is 6.78. The van der Waals surface area contributed by atoms with Crippen molar-refractivity contribution in [3.63, 3.8) is 0 Å². The average molecular weight is 568 g/mol. The number of nitrogens with zero attached hydrogens (tertiary/aromatic N) is 1. The van der Waals surface area contributed by atoms with Crippen LogP contribution in [-0.4, -0.2) is 61.6 Å². The van der Waals surface area contributed by atoms with Gasteiger partial charge < -0.3 is 29.7 Å². The van der Waals surface area contributed by atoms with E-state index in [1.165, 1.54) is 31.4 Å². The van der Waals surface area contributed by atoms with Gasteiger partial charge in [0.1, 0.15) is 17.7 Å². The van der Waals surface area contributed by atoms with Crippen LogP contribution < -0.4 is 24.8 Å². The quantitative estimate of drug-likeness (QED) is 0.504. The first-order chi connectivity index (χ1) is 19.3. The molecule has 11 heteroatoms. The summed E-state index contributed by atoms with van der Waals surface area (Å²) in [4.78, 5) is 40.4. The second-order valence-corrected chi connectivity index (χ2v) is 9.93. The molecule has 1 fully saturated rings. The highest BCUT2D eigenvalue weighted by Crippen LogP contribution is 2.29. The number of ether oxygens (including phenoxy) is 3. The molecule has 3 aromatic carbocycles. The highest BCUT2D eigenvalue weighted by Gasteiger charge is 2.38. The van der Waals surface area contributed by atoms with Gasteiger partial charge in [-0.1, -0.05) is 29.8 Å². The Kier molecular flexibility index (Phi) is 8.06. The van der Waals surface area contributed by atoms with E-state index in [0.29, 0.717) is 23.6 Å². The number of halogens is 2. The van der Waals surface area contributed by atoms with Crippen LogP contribution >= 0.6 is 11.6 Å². The molecule has 3 heterocycles. The van der Waals surface area contributed by atoms with Crippen LogP contribution in [-0.2, 0) is 22.6 Å². The number of hydrogen-bond donors (Lipinski definition) is 2. The van der Waals surface area contributed by atoms with Crippen LogP contribution in [0.15, 0.2) is 60.7 Å². The van der Waals surface area contributed by atoms with Crippen molar-refractivity contribution < 1.29 is 33.0 Å². The number of carbonyl (C=O) groups excluding carboxylic acids is 3. The minimum absolute atomic E-state index is 0.0217. The van der Waals surface area contributed by atoms with E-state index < -0.39 is 23.9 Å². The zero-order chi connectivity index (χ0) is 28.2. The molecule has 0 spiro atoms. The molecule has 40 heavy (non-hydrogen) atoms. The third-order valence-corrected chi connectivity index (χ3v) is 7.13. The smallest absolute Gasteiger partial charge is 0.258 e. The summed E-state index contributed by atoms with van der Waals surface area (Å²) in [6.07, 6.45) is -0.571. The van der Waals surface area contributed by atoms with Crippen molar-refractivity contribution in [2.45, 2.75) is 25.1 Å². The Balaban J connectivity index is 1.41. The maximum absolute atomic E-state index is 13.5. The minimum Gasteiger partial charge on any atom is -0.493 e. The lowest BCUT2D eigenvalue weighted by Gasteiger charge is -2.21. The number of rotatable bonds is 3. The molecule has 3 aromatic rings. The molecule has 3 amide bonds. The van der Waals surface area contributed by atoms with E-state index in [4.69, 9.17) is 25.8 Å². The van der Waals surface area contributed by atoms with Gasteiger partial charge in [-0.25, -0.2) is 4.39 Å². The van der Waals surface area contributed by atoms with Crippen molar-refractivity contribution in [3.05, 3.63) is 88.2 Å². The highest BCUT2D eigenvalue weighted by molar-refractivity contribution is 6.31. The molecule has 9 nitrogen and oxygen atoms in total. The standard InChI is InChI=1S/C29H27ClFN3O6/c1-38-24-9-5-19-10-25(24)39-16-27(35)32-13-17-2-7-21(8-3-17)40-26-15-34(14-23(26)33-29(19)37)28(36)11-18-4-6-20(31)12-22(18)30/h2-10,12,23,26H,11,13-16H2,1H3,(H,32,35)(H,33,37)/t23-,26-/m0/s1. The summed E-state index contributed by atoms with van der Waals surface area (Å²) in [6.45, 7) is 0.448. The second-order valence-electron chi connectivity index (χ2n) is 9.52. The van der Waals surface area contributed by atoms with Crippen molar-refractivity contribution in [3.8, 4) is 17.2 Å². The summed E-state index contributed by atoms with van der Waals surface area (Å²) < 4.78 is 30.7. The van der Waals surface area contributed by atoms with Crippen LogP contribution in [0.1, 0.15) is 21.5 Å². The summed E-state index contributed by atoms with van der Waals surface area (Å²) in [6, 6.07) is 15.2. The van der Waals surface area contributed by atoms with Crippen molar-refractivity contribution in [2.24, 2.45) is 0 Å². The molecule has 6 rings (SSSR count). The molecular formula is C29H27ClFN3O6. The van der Waals surface area contributed by atoms with Gasteiger partial charge in [0.05, 0.1) is 26.1 Å². The van der Waals surface area contributed by atoms with E-state index in [0.717, 1.165) is 5.56 Å². The minimum atomic E-state index is -0.549. The second kappa shape index (κ2) is 11.8. The molecule has 4 bridgehead atoms. The van der Waals surface area contributed by atoms with E-state index in [2.05, 4.69) is 10.6 Å². The first kappa shape index (κ1) is 27.3. The molecule has 3 aliphatic rings. The fraction of sp³-hybridized carbons (Fsp3) is 0.276.